The monoisotopic (exact) mass is 210 g/mol. The van der Waals surface area contributed by atoms with Crippen LogP contribution in [-0.2, 0) is 18.4 Å². The fourth-order valence-corrected chi connectivity index (χ4v) is 1.21. The van der Waals surface area contributed by atoms with E-state index >= 15 is 0 Å². The maximum absolute atomic E-state index is 9.48. The minimum absolute atomic E-state index is 0.118. The molecule has 82 valence electrons. The number of pyridine rings is 1. The number of methoxy groups -OCH3 is 1. The van der Waals surface area contributed by atoms with Gasteiger partial charge in [0.2, 0.25) is 17.6 Å². The van der Waals surface area contributed by atoms with Gasteiger partial charge in [0.05, 0.1) is 19.8 Å². The number of aryl methyl sites for hydroxylation is 1. The molecule has 0 aliphatic carbocycles. The number of aromatic nitrogens is 1. The van der Waals surface area contributed by atoms with E-state index in [-0.39, 0.29) is 5.75 Å². The van der Waals surface area contributed by atoms with Crippen LogP contribution in [0.15, 0.2) is 24.9 Å². The topological polar surface area (TPSA) is 42.6 Å². The van der Waals surface area contributed by atoms with E-state index in [0.717, 1.165) is 5.69 Å². The molecular formula is C11H16NO3+. The quantitative estimate of drug-likeness (QED) is 0.446. The molecule has 0 radical (unpaired) electrons. The van der Waals surface area contributed by atoms with Crippen LogP contribution >= 0.6 is 0 Å². The summed E-state index contributed by atoms with van der Waals surface area (Å²) in [6.07, 6.45) is 3.28. The molecule has 0 saturated heterocycles. The Hall–Kier alpha value is -1.55. The van der Waals surface area contributed by atoms with Crippen molar-refractivity contribution in [3.05, 3.63) is 30.6 Å². The summed E-state index contributed by atoms with van der Waals surface area (Å²) in [5, 5.41) is 9.48. The zero-order valence-corrected chi connectivity index (χ0v) is 9.06. The van der Waals surface area contributed by atoms with E-state index in [1.165, 1.54) is 7.11 Å². The first-order valence-corrected chi connectivity index (χ1v) is 4.63. The molecule has 1 aromatic rings. The highest BCUT2D eigenvalue weighted by molar-refractivity contribution is 5.35. The lowest BCUT2D eigenvalue weighted by molar-refractivity contribution is -0.681. The van der Waals surface area contributed by atoms with E-state index in [1.54, 1.807) is 22.9 Å². The van der Waals surface area contributed by atoms with Crippen LogP contribution in [0.3, 0.4) is 0 Å². The molecule has 4 heteroatoms. The second-order valence-electron chi connectivity index (χ2n) is 3.13. The first-order valence-electron chi connectivity index (χ1n) is 4.63. The van der Waals surface area contributed by atoms with Gasteiger partial charge in [0.1, 0.15) is 13.7 Å². The standard InChI is InChI=1S/C11H15NO3/c1-4-5-15-8-9-6-11(14-3)10(13)7-12(9)2/h4,6-7H,1,5,8H2,2-3H3/p+1. The van der Waals surface area contributed by atoms with Gasteiger partial charge in [-0.2, -0.15) is 4.57 Å². The fraction of sp³-hybridized carbons (Fsp3) is 0.364. The van der Waals surface area contributed by atoms with E-state index in [9.17, 15) is 5.11 Å². The van der Waals surface area contributed by atoms with Crippen LogP contribution in [0.4, 0.5) is 0 Å². The molecule has 0 aliphatic heterocycles. The van der Waals surface area contributed by atoms with Gasteiger partial charge in [0, 0.05) is 0 Å². The van der Waals surface area contributed by atoms with Crippen LogP contribution < -0.4 is 9.30 Å². The minimum Gasteiger partial charge on any atom is -0.500 e. The van der Waals surface area contributed by atoms with Gasteiger partial charge in [-0.3, -0.25) is 0 Å². The van der Waals surface area contributed by atoms with Crippen molar-refractivity contribution in [2.24, 2.45) is 7.05 Å². The Morgan fingerprint density at radius 3 is 2.93 bits per heavy atom. The van der Waals surface area contributed by atoms with E-state index < -0.39 is 0 Å². The summed E-state index contributed by atoms with van der Waals surface area (Å²) in [6, 6.07) is 1.75. The molecular weight excluding hydrogens is 194 g/mol. The third-order valence-electron chi connectivity index (χ3n) is 2.02. The largest absolute Gasteiger partial charge is 0.500 e. The van der Waals surface area contributed by atoms with Gasteiger partial charge in [0.25, 0.3) is 0 Å². The smallest absolute Gasteiger partial charge is 0.223 e. The maximum Gasteiger partial charge on any atom is 0.223 e. The summed E-state index contributed by atoms with van der Waals surface area (Å²) in [4.78, 5) is 0. The molecule has 1 aromatic heterocycles. The van der Waals surface area contributed by atoms with Gasteiger partial charge >= 0.3 is 0 Å². The van der Waals surface area contributed by atoms with Gasteiger partial charge in [-0.1, -0.05) is 6.08 Å². The average Bonchev–Trinajstić information content (AvgIpc) is 2.21. The van der Waals surface area contributed by atoms with Gasteiger partial charge in [-0.05, 0) is 0 Å². The molecule has 0 aliphatic rings. The lowest BCUT2D eigenvalue weighted by atomic mass is 10.3. The number of nitrogens with zero attached hydrogens (tertiary/aromatic N) is 1. The summed E-state index contributed by atoms with van der Waals surface area (Å²) in [5.74, 6) is 0.567. The fourth-order valence-electron chi connectivity index (χ4n) is 1.21. The molecule has 4 nitrogen and oxygen atoms in total. The van der Waals surface area contributed by atoms with Crippen LogP contribution in [0.25, 0.3) is 0 Å². The lowest BCUT2D eigenvalue weighted by Gasteiger charge is -2.05. The molecule has 0 spiro atoms. The molecule has 0 bridgehead atoms. The molecule has 1 heterocycles. The summed E-state index contributed by atoms with van der Waals surface area (Å²) in [7, 11) is 3.36. The Bertz CT molecular complexity index is 350. The summed E-state index contributed by atoms with van der Waals surface area (Å²) >= 11 is 0. The SMILES string of the molecule is C=CCOCc1cc(OC)c(O)c[n+]1C. The lowest BCUT2D eigenvalue weighted by Crippen LogP contribution is -2.33. The van der Waals surface area contributed by atoms with Gasteiger partial charge < -0.3 is 14.6 Å². The van der Waals surface area contributed by atoms with Gasteiger partial charge in [-0.15, -0.1) is 6.58 Å². The second-order valence-corrected chi connectivity index (χ2v) is 3.13. The number of ether oxygens (including phenoxy) is 2. The Morgan fingerprint density at radius 1 is 1.60 bits per heavy atom. The van der Waals surface area contributed by atoms with Crippen LogP contribution in [0.2, 0.25) is 0 Å². The summed E-state index contributed by atoms with van der Waals surface area (Å²) in [5.41, 5.74) is 0.923. The third-order valence-corrected chi connectivity index (χ3v) is 2.02. The van der Waals surface area contributed by atoms with Crippen molar-refractivity contribution in [3.8, 4) is 11.5 Å². The van der Waals surface area contributed by atoms with Crippen molar-refractivity contribution in [2.75, 3.05) is 13.7 Å². The van der Waals surface area contributed by atoms with E-state index in [0.29, 0.717) is 19.0 Å². The highest BCUT2D eigenvalue weighted by Gasteiger charge is 2.13. The third kappa shape index (κ3) is 2.95. The average molecular weight is 210 g/mol. The van der Waals surface area contributed by atoms with Crippen molar-refractivity contribution < 1.29 is 19.1 Å². The molecule has 0 saturated carbocycles. The number of rotatable bonds is 5. The van der Waals surface area contributed by atoms with Crippen LogP contribution in [-0.4, -0.2) is 18.8 Å². The van der Waals surface area contributed by atoms with Gasteiger partial charge in [-0.25, -0.2) is 0 Å². The molecule has 0 aromatic carbocycles. The Labute approximate surface area is 89.4 Å². The number of hydrogen-bond acceptors (Lipinski definition) is 3. The van der Waals surface area contributed by atoms with Crippen molar-refractivity contribution in [2.45, 2.75) is 6.61 Å². The summed E-state index contributed by atoms with van der Waals surface area (Å²) < 4.78 is 12.1. The maximum atomic E-state index is 9.48. The first-order chi connectivity index (χ1) is 7.19. The molecule has 0 atom stereocenters. The highest BCUT2D eigenvalue weighted by atomic mass is 16.5. The first kappa shape index (κ1) is 11.5. The minimum atomic E-state index is 0.118. The Balaban J connectivity index is 2.82. The van der Waals surface area contributed by atoms with Crippen LogP contribution in [0, 0.1) is 0 Å². The number of hydrogen-bond donors (Lipinski definition) is 1. The zero-order chi connectivity index (χ0) is 11.3. The molecule has 15 heavy (non-hydrogen) atoms. The zero-order valence-electron chi connectivity index (χ0n) is 9.06. The van der Waals surface area contributed by atoms with E-state index in [1.807, 2.05) is 7.05 Å². The normalized spacial score (nSPS) is 10.0. The molecule has 1 N–H and O–H groups in total. The van der Waals surface area contributed by atoms with Crippen molar-refractivity contribution in [1.82, 2.24) is 0 Å². The second kappa shape index (κ2) is 5.36. The predicted molar refractivity (Wildman–Crippen MR) is 55.7 cm³/mol. The summed E-state index contributed by atoms with van der Waals surface area (Å²) in [6.45, 7) is 4.53. The van der Waals surface area contributed by atoms with Crippen molar-refractivity contribution in [1.29, 1.82) is 0 Å². The van der Waals surface area contributed by atoms with E-state index in [2.05, 4.69) is 6.58 Å². The van der Waals surface area contributed by atoms with Crippen molar-refractivity contribution in [3.63, 3.8) is 0 Å². The highest BCUT2D eigenvalue weighted by Crippen LogP contribution is 2.23. The molecule has 0 fully saturated rings. The van der Waals surface area contributed by atoms with E-state index in [4.69, 9.17) is 9.47 Å². The van der Waals surface area contributed by atoms with Crippen molar-refractivity contribution >= 4 is 0 Å². The molecule has 0 amide bonds. The van der Waals surface area contributed by atoms with Crippen LogP contribution in [0.5, 0.6) is 11.5 Å². The Kier molecular flexibility index (Phi) is 4.12. The Morgan fingerprint density at radius 2 is 2.33 bits per heavy atom. The van der Waals surface area contributed by atoms with Gasteiger partial charge in [0.15, 0.2) is 5.75 Å². The number of aromatic hydroxyl groups is 1. The molecule has 0 unspecified atom stereocenters. The predicted octanol–water partition coefficient (Wildman–Crippen LogP) is 0.928. The van der Waals surface area contributed by atoms with Crippen LogP contribution in [0.1, 0.15) is 5.69 Å². The molecule has 1 rings (SSSR count).